The average Bonchev–Trinajstić information content (AvgIpc) is 3.22. The van der Waals surface area contributed by atoms with Crippen molar-refractivity contribution in [1.29, 1.82) is 0 Å². The third-order valence-corrected chi connectivity index (χ3v) is 6.40. The minimum atomic E-state index is 0.0559. The van der Waals surface area contributed by atoms with Gasteiger partial charge in [0.25, 0.3) is 0 Å². The van der Waals surface area contributed by atoms with Gasteiger partial charge in [0.2, 0.25) is 5.91 Å². The van der Waals surface area contributed by atoms with E-state index < -0.39 is 0 Å². The smallest absolute Gasteiger partial charge is 0.246 e. The third-order valence-electron chi connectivity index (χ3n) is 5.32. The van der Waals surface area contributed by atoms with Crippen LogP contribution in [0, 0.1) is 0 Å². The lowest BCUT2D eigenvalue weighted by Crippen LogP contribution is -2.48. The monoisotopic (exact) mass is 421 g/mol. The summed E-state index contributed by atoms with van der Waals surface area (Å²) in [5.74, 6) is 0.901. The Balaban J connectivity index is 1.34. The number of benzene rings is 2. The van der Waals surface area contributed by atoms with E-state index in [0.717, 1.165) is 41.5 Å². The summed E-state index contributed by atoms with van der Waals surface area (Å²) in [6.07, 6.45) is 4.56. The van der Waals surface area contributed by atoms with Crippen LogP contribution >= 0.6 is 11.3 Å². The van der Waals surface area contributed by atoms with Crippen LogP contribution in [0.2, 0.25) is 0 Å². The lowest BCUT2D eigenvalue weighted by Gasteiger charge is -2.34. The zero-order valence-corrected chi connectivity index (χ0v) is 18.3. The van der Waals surface area contributed by atoms with Crippen molar-refractivity contribution in [2.24, 2.45) is 0 Å². The predicted octanol–water partition coefficient (Wildman–Crippen LogP) is 4.62. The van der Waals surface area contributed by atoms with Gasteiger partial charge in [-0.3, -0.25) is 4.79 Å². The molecule has 0 bridgehead atoms. The fourth-order valence-corrected chi connectivity index (χ4v) is 4.63. The molecule has 4 rings (SSSR count). The van der Waals surface area contributed by atoms with Crippen LogP contribution in [0.3, 0.4) is 0 Å². The lowest BCUT2D eigenvalue weighted by molar-refractivity contribution is -0.126. The second kappa shape index (κ2) is 9.30. The van der Waals surface area contributed by atoms with E-state index in [-0.39, 0.29) is 5.91 Å². The molecule has 1 saturated heterocycles. The van der Waals surface area contributed by atoms with Gasteiger partial charge < -0.3 is 14.5 Å². The number of ether oxygens (including phenoxy) is 1. The highest BCUT2D eigenvalue weighted by Crippen LogP contribution is 2.30. The van der Waals surface area contributed by atoms with Crippen molar-refractivity contribution < 1.29 is 9.53 Å². The molecule has 0 unspecified atom stereocenters. The molecule has 1 aromatic heterocycles. The first-order chi connectivity index (χ1) is 14.7. The molecule has 0 N–H and O–H groups in total. The maximum atomic E-state index is 12.6. The van der Waals surface area contributed by atoms with Crippen molar-refractivity contribution >= 4 is 38.7 Å². The SMILES string of the molecule is CCOc1ccc(/C=C/C(=O)N2CCN(c3nc4ccc(CC)cc4s3)CC2)cc1. The van der Waals surface area contributed by atoms with Gasteiger partial charge in [0.1, 0.15) is 5.75 Å². The summed E-state index contributed by atoms with van der Waals surface area (Å²) < 4.78 is 6.69. The molecule has 0 spiro atoms. The molecule has 2 heterocycles. The molecule has 0 saturated carbocycles. The molecule has 0 atom stereocenters. The number of carbonyl (C=O) groups is 1. The molecular weight excluding hydrogens is 394 g/mol. The number of nitrogens with zero attached hydrogens (tertiary/aromatic N) is 3. The van der Waals surface area contributed by atoms with E-state index in [2.05, 4.69) is 30.0 Å². The summed E-state index contributed by atoms with van der Waals surface area (Å²) in [5, 5.41) is 1.05. The zero-order valence-electron chi connectivity index (χ0n) is 17.5. The number of rotatable bonds is 6. The first kappa shape index (κ1) is 20.4. The first-order valence-electron chi connectivity index (χ1n) is 10.5. The van der Waals surface area contributed by atoms with E-state index in [1.165, 1.54) is 10.3 Å². The fraction of sp³-hybridized carbons (Fsp3) is 0.333. The van der Waals surface area contributed by atoms with Crippen LogP contribution in [0.4, 0.5) is 5.13 Å². The van der Waals surface area contributed by atoms with Gasteiger partial charge in [-0.25, -0.2) is 4.98 Å². The van der Waals surface area contributed by atoms with Crippen molar-refractivity contribution in [2.75, 3.05) is 37.7 Å². The Morgan fingerprint density at radius 3 is 2.57 bits per heavy atom. The van der Waals surface area contributed by atoms with E-state index in [4.69, 9.17) is 9.72 Å². The number of anilines is 1. The van der Waals surface area contributed by atoms with Gasteiger partial charge in [0, 0.05) is 32.3 Å². The summed E-state index contributed by atoms with van der Waals surface area (Å²) in [6, 6.07) is 14.3. The lowest BCUT2D eigenvalue weighted by atomic mass is 10.2. The maximum Gasteiger partial charge on any atom is 0.246 e. The number of hydrogen-bond donors (Lipinski definition) is 0. The van der Waals surface area contributed by atoms with Crippen molar-refractivity contribution in [3.63, 3.8) is 0 Å². The molecule has 0 aliphatic carbocycles. The average molecular weight is 422 g/mol. The first-order valence-corrected chi connectivity index (χ1v) is 11.3. The number of piperazine rings is 1. The topological polar surface area (TPSA) is 45.7 Å². The molecule has 6 heteroatoms. The minimum absolute atomic E-state index is 0.0559. The maximum absolute atomic E-state index is 12.6. The molecule has 1 aliphatic rings. The largest absolute Gasteiger partial charge is 0.494 e. The number of hydrogen-bond acceptors (Lipinski definition) is 5. The van der Waals surface area contributed by atoms with Crippen LogP contribution in [-0.4, -0.2) is 48.6 Å². The van der Waals surface area contributed by atoms with E-state index in [1.807, 2.05) is 42.2 Å². The normalized spacial score (nSPS) is 14.6. The molecule has 1 fully saturated rings. The van der Waals surface area contributed by atoms with Gasteiger partial charge in [-0.15, -0.1) is 0 Å². The van der Waals surface area contributed by atoms with E-state index in [1.54, 1.807) is 17.4 Å². The van der Waals surface area contributed by atoms with Crippen LogP contribution in [0.5, 0.6) is 5.75 Å². The molecule has 1 amide bonds. The van der Waals surface area contributed by atoms with Crippen LogP contribution in [0.1, 0.15) is 25.0 Å². The second-order valence-corrected chi connectivity index (χ2v) is 8.31. The number of aryl methyl sites for hydroxylation is 1. The zero-order chi connectivity index (χ0) is 20.9. The Kier molecular flexibility index (Phi) is 6.33. The molecule has 1 aliphatic heterocycles. The molecule has 2 aromatic carbocycles. The Labute approximate surface area is 181 Å². The Bertz CT molecular complexity index is 1030. The number of thiazole rings is 1. The van der Waals surface area contributed by atoms with Gasteiger partial charge in [-0.05, 0) is 54.8 Å². The van der Waals surface area contributed by atoms with E-state index in [9.17, 15) is 4.79 Å². The number of carbonyl (C=O) groups excluding carboxylic acids is 1. The number of fused-ring (bicyclic) bond motifs is 1. The van der Waals surface area contributed by atoms with Crippen LogP contribution in [0.25, 0.3) is 16.3 Å². The number of aromatic nitrogens is 1. The highest BCUT2D eigenvalue weighted by atomic mass is 32.1. The van der Waals surface area contributed by atoms with Crippen molar-refractivity contribution in [1.82, 2.24) is 9.88 Å². The van der Waals surface area contributed by atoms with Crippen LogP contribution < -0.4 is 9.64 Å². The predicted molar refractivity (Wildman–Crippen MR) is 124 cm³/mol. The Hall–Kier alpha value is -2.86. The van der Waals surface area contributed by atoms with Gasteiger partial charge in [-0.1, -0.05) is 36.5 Å². The molecule has 156 valence electrons. The summed E-state index contributed by atoms with van der Waals surface area (Å²) in [5.41, 5.74) is 3.39. The molecule has 0 radical (unpaired) electrons. The molecule has 3 aromatic rings. The third kappa shape index (κ3) is 4.65. The van der Waals surface area contributed by atoms with Crippen LogP contribution in [0.15, 0.2) is 48.5 Å². The molecule has 30 heavy (non-hydrogen) atoms. The summed E-state index contributed by atoms with van der Waals surface area (Å²) >= 11 is 1.74. The minimum Gasteiger partial charge on any atom is -0.494 e. The summed E-state index contributed by atoms with van der Waals surface area (Å²) in [6.45, 7) is 7.82. The number of amides is 1. The van der Waals surface area contributed by atoms with Gasteiger partial charge in [-0.2, -0.15) is 0 Å². The van der Waals surface area contributed by atoms with Crippen LogP contribution in [-0.2, 0) is 11.2 Å². The highest BCUT2D eigenvalue weighted by molar-refractivity contribution is 7.22. The summed E-state index contributed by atoms with van der Waals surface area (Å²) in [7, 11) is 0. The van der Waals surface area contributed by atoms with Gasteiger partial charge in [0.15, 0.2) is 5.13 Å². The Morgan fingerprint density at radius 2 is 1.87 bits per heavy atom. The van der Waals surface area contributed by atoms with Gasteiger partial charge in [0.05, 0.1) is 16.8 Å². The molecule has 5 nitrogen and oxygen atoms in total. The van der Waals surface area contributed by atoms with Crippen molar-refractivity contribution in [3.8, 4) is 5.75 Å². The van der Waals surface area contributed by atoms with Gasteiger partial charge >= 0.3 is 0 Å². The van der Waals surface area contributed by atoms with E-state index in [0.29, 0.717) is 19.7 Å². The standard InChI is InChI=1S/C24H27N3O2S/c1-3-18-7-11-21-22(17-18)30-24(25-21)27-15-13-26(14-16-27)23(28)12-8-19-5-9-20(10-6-19)29-4-2/h5-12,17H,3-4,13-16H2,1-2H3/b12-8+. The van der Waals surface area contributed by atoms with E-state index >= 15 is 0 Å². The molecular formula is C24H27N3O2S. The fourth-order valence-electron chi connectivity index (χ4n) is 3.54. The quantitative estimate of drug-likeness (QED) is 0.545. The Morgan fingerprint density at radius 1 is 1.10 bits per heavy atom. The second-order valence-electron chi connectivity index (χ2n) is 7.30. The van der Waals surface area contributed by atoms with Crippen molar-refractivity contribution in [3.05, 3.63) is 59.7 Å². The van der Waals surface area contributed by atoms with Crippen molar-refractivity contribution in [2.45, 2.75) is 20.3 Å². The highest BCUT2D eigenvalue weighted by Gasteiger charge is 2.22. The summed E-state index contributed by atoms with van der Waals surface area (Å²) in [4.78, 5) is 21.6.